The second kappa shape index (κ2) is 2.79. The van der Waals surface area contributed by atoms with Gasteiger partial charge in [-0.25, -0.2) is 0 Å². The van der Waals surface area contributed by atoms with Crippen molar-refractivity contribution in [1.29, 1.82) is 0 Å². The van der Waals surface area contributed by atoms with E-state index in [0.29, 0.717) is 0 Å². The monoisotopic (exact) mass is 196 g/mol. The van der Waals surface area contributed by atoms with Crippen molar-refractivity contribution >= 4 is 29.2 Å². The van der Waals surface area contributed by atoms with Crippen LogP contribution in [0.5, 0.6) is 0 Å². The highest BCUT2D eigenvalue weighted by atomic mass is 79.9. The summed E-state index contributed by atoms with van der Waals surface area (Å²) >= 11 is 3.48. The number of aryl methyl sites for hydroxylation is 2. The standard InChI is InChI=1S/C8H10BBr/c1-5-3-6(2)8(10)4-7(5)9/h3-4H,9H2,1-2H3. The molecule has 0 unspecified atom stereocenters. The molecule has 0 fully saturated rings. The Morgan fingerprint density at radius 2 is 1.80 bits per heavy atom. The Morgan fingerprint density at radius 1 is 1.20 bits per heavy atom. The Hall–Kier alpha value is -0.235. The first-order valence-corrected chi connectivity index (χ1v) is 4.14. The SMILES string of the molecule is Bc1cc(Br)c(C)cc1C. The molecular weight excluding hydrogens is 187 g/mol. The highest BCUT2D eigenvalue weighted by molar-refractivity contribution is 9.10. The van der Waals surface area contributed by atoms with Crippen LogP contribution < -0.4 is 5.46 Å². The summed E-state index contributed by atoms with van der Waals surface area (Å²) in [7, 11) is 2.12. The lowest BCUT2D eigenvalue weighted by molar-refractivity contribution is 1.38. The fourth-order valence-electron chi connectivity index (χ4n) is 0.925. The van der Waals surface area contributed by atoms with E-state index in [1.807, 2.05) is 0 Å². The quantitative estimate of drug-likeness (QED) is 0.550. The summed E-state index contributed by atoms with van der Waals surface area (Å²) in [5, 5.41) is 0. The first kappa shape index (κ1) is 7.87. The van der Waals surface area contributed by atoms with E-state index in [2.05, 4.69) is 49.8 Å². The van der Waals surface area contributed by atoms with E-state index < -0.39 is 0 Å². The summed E-state index contributed by atoms with van der Waals surface area (Å²) in [6, 6.07) is 4.35. The molecule has 1 aromatic rings. The minimum atomic E-state index is 1.20. The molecule has 0 heterocycles. The van der Waals surface area contributed by atoms with E-state index in [4.69, 9.17) is 0 Å². The van der Waals surface area contributed by atoms with Gasteiger partial charge in [0.1, 0.15) is 7.85 Å². The maximum Gasteiger partial charge on any atom is 0.139 e. The minimum Gasteiger partial charge on any atom is -0.0850 e. The Balaban J connectivity index is 3.28. The molecule has 0 saturated carbocycles. The van der Waals surface area contributed by atoms with Crippen LogP contribution >= 0.6 is 15.9 Å². The topological polar surface area (TPSA) is 0 Å². The predicted octanol–water partition coefficient (Wildman–Crippen LogP) is 1.32. The Bertz CT molecular complexity index is 205. The lowest BCUT2D eigenvalue weighted by Crippen LogP contribution is -2.06. The number of benzene rings is 1. The smallest absolute Gasteiger partial charge is 0.0850 e. The van der Waals surface area contributed by atoms with E-state index in [-0.39, 0.29) is 0 Å². The molecule has 0 radical (unpaired) electrons. The van der Waals surface area contributed by atoms with Crippen LogP contribution in [0.3, 0.4) is 0 Å². The summed E-state index contributed by atoms with van der Waals surface area (Å²) in [6.07, 6.45) is 0. The maximum absolute atomic E-state index is 3.48. The Labute approximate surface area is 71.2 Å². The normalized spacial score (nSPS) is 9.90. The number of hydrogen-bond acceptors (Lipinski definition) is 0. The van der Waals surface area contributed by atoms with Crippen LogP contribution in [0.4, 0.5) is 0 Å². The van der Waals surface area contributed by atoms with E-state index in [1.165, 1.54) is 21.1 Å². The van der Waals surface area contributed by atoms with Gasteiger partial charge in [-0.1, -0.05) is 39.1 Å². The van der Waals surface area contributed by atoms with Crippen LogP contribution in [0.15, 0.2) is 16.6 Å². The van der Waals surface area contributed by atoms with Crippen LogP contribution in [0, 0.1) is 13.8 Å². The van der Waals surface area contributed by atoms with Gasteiger partial charge in [-0.05, 0) is 19.4 Å². The molecule has 0 N–H and O–H groups in total. The highest BCUT2D eigenvalue weighted by Crippen LogP contribution is 2.14. The lowest BCUT2D eigenvalue weighted by atomic mass is 9.90. The fourth-order valence-corrected chi connectivity index (χ4v) is 1.38. The summed E-state index contributed by atoms with van der Waals surface area (Å²) in [5.41, 5.74) is 4.02. The minimum absolute atomic E-state index is 1.20. The molecule has 0 amide bonds. The van der Waals surface area contributed by atoms with Gasteiger partial charge in [0, 0.05) is 4.47 Å². The first-order chi connectivity index (χ1) is 4.61. The summed E-state index contributed by atoms with van der Waals surface area (Å²) in [5.74, 6) is 0. The Morgan fingerprint density at radius 3 is 2.30 bits per heavy atom. The van der Waals surface area contributed by atoms with E-state index >= 15 is 0 Å². The van der Waals surface area contributed by atoms with Gasteiger partial charge in [0.15, 0.2) is 0 Å². The van der Waals surface area contributed by atoms with Crippen LogP contribution in [0.1, 0.15) is 11.1 Å². The average molecular weight is 197 g/mol. The van der Waals surface area contributed by atoms with Gasteiger partial charge in [-0.15, -0.1) is 0 Å². The van der Waals surface area contributed by atoms with Crippen LogP contribution in [-0.2, 0) is 0 Å². The summed E-state index contributed by atoms with van der Waals surface area (Å²) in [6.45, 7) is 4.24. The summed E-state index contributed by atoms with van der Waals surface area (Å²) in [4.78, 5) is 0. The molecular formula is C8H10BBr. The van der Waals surface area contributed by atoms with Gasteiger partial charge in [-0.3, -0.25) is 0 Å². The van der Waals surface area contributed by atoms with Crippen LogP contribution in [0.25, 0.3) is 0 Å². The van der Waals surface area contributed by atoms with Crippen molar-refractivity contribution in [3.8, 4) is 0 Å². The molecule has 0 nitrogen and oxygen atoms in total. The molecule has 10 heavy (non-hydrogen) atoms. The van der Waals surface area contributed by atoms with E-state index in [0.717, 1.165) is 0 Å². The molecule has 0 aliphatic carbocycles. The molecule has 1 rings (SSSR count). The third-order valence-corrected chi connectivity index (χ3v) is 2.63. The number of hydrogen-bond donors (Lipinski definition) is 0. The molecule has 0 atom stereocenters. The molecule has 0 saturated heterocycles. The van der Waals surface area contributed by atoms with Gasteiger partial charge in [0.2, 0.25) is 0 Å². The van der Waals surface area contributed by atoms with Crippen molar-refractivity contribution in [3.63, 3.8) is 0 Å². The third-order valence-electron chi connectivity index (χ3n) is 1.77. The molecule has 0 aliphatic heterocycles. The van der Waals surface area contributed by atoms with Gasteiger partial charge in [0.25, 0.3) is 0 Å². The predicted molar refractivity (Wildman–Crippen MR) is 51.8 cm³/mol. The van der Waals surface area contributed by atoms with Crippen molar-refractivity contribution in [1.82, 2.24) is 0 Å². The van der Waals surface area contributed by atoms with E-state index in [1.54, 1.807) is 0 Å². The van der Waals surface area contributed by atoms with Crippen molar-refractivity contribution in [2.24, 2.45) is 0 Å². The summed E-state index contributed by atoms with van der Waals surface area (Å²) < 4.78 is 1.20. The molecule has 52 valence electrons. The number of halogens is 1. The van der Waals surface area contributed by atoms with Gasteiger partial charge in [-0.2, -0.15) is 0 Å². The largest absolute Gasteiger partial charge is 0.139 e. The van der Waals surface area contributed by atoms with Crippen molar-refractivity contribution in [3.05, 3.63) is 27.7 Å². The zero-order valence-electron chi connectivity index (χ0n) is 6.53. The second-order valence-electron chi connectivity index (χ2n) is 2.69. The zero-order chi connectivity index (χ0) is 7.72. The molecule has 0 bridgehead atoms. The van der Waals surface area contributed by atoms with E-state index in [9.17, 15) is 0 Å². The highest BCUT2D eigenvalue weighted by Gasteiger charge is 1.96. The average Bonchev–Trinajstić information content (AvgIpc) is 1.84. The molecule has 1 aromatic carbocycles. The fraction of sp³-hybridized carbons (Fsp3) is 0.250. The lowest BCUT2D eigenvalue weighted by Gasteiger charge is -2.03. The number of rotatable bonds is 0. The zero-order valence-corrected chi connectivity index (χ0v) is 8.12. The Kier molecular flexibility index (Phi) is 2.19. The second-order valence-corrected chi connectivity index (χ2v) is 3.54. The molecule has 2 heteroatoms. The van der Waals surface area contributed by atoms with Crippen molar-refractivity contribution in [2.45, 2.75) is 13.8 Å². The molecule has 0 aliphatic rings. The van der Waals surface area contributed by atoms with Crippen molar-refractivity contribution < 1.29 is 0 Å². The van der Waals surface area contributed by atoms with Gasteiger partial charge in [0.05, 0.1) is 0 Å². The first-order valence-electron chi connectivity index (χ1n) is 3.34. The van der Waals surface area contributed by atoms with Crippen molar-refractivity contribution in [2.75, 3.05) is 0 Å². The van der Waals surface area contributed by atoms with Gasteiger partial charge < -0.3 is 0 Å². The van der Waals surface area contributed by atoms with Gasteiger partial charge >= 0.3 is 0 Å². The molecule has 0 aromatic heterocycles. The maximum atomic E-state index is 3.48. The van der Waals surface area contributed by atoms with Crippen LogP contribution in [0.2, 0.25) is 0 Å². The third kappa shape index (κ3) is 1.43. The molecule has 0 spiro atoms. The van der Waals surface area contributed by atoms with Crippen LogP contribution in [-0.4, -0.2) is 7.85 Å².